The lowest BCUT2D eigenvalue weighted by molar-refractivity contribution is -0.130. The number of aromatic nitrogens is 2. The first kappa shape index (κ1) is 15.9. The summed E-state index contributed by atoms with van der Waals surface area (Å²) >= 11 is 0. The van der Waals surface area contributed by atoms with Crippen molar-refractivity contribution in [3.05, 3.63) is 30.0 Å². The summed E-state index contributed by atoms with van der Waals surface area (Å²) in [6, 6.07) is 5.42. The molecule has 6 heteroatoms. The van der Waals surface area contributed by atoms with Crippen LogP contribution in [0, 0.1) is 23.2 Å². The Balaban J connectivity index is 1.23. The number of benzene rings is 1. The number of nitrogens with zero attached hydrogens (tertiary/aromatic N) is 1. The van der Waals surface area contributed by atoms with E-state index in [0.29, 0.717) is 17.5 Å². The molecule has 26 heavy (non-hydrogen) atoms. The van der Waals surface area contributed by atoms with Gasteiger partial charge >= 0.3 is 0 Å². The molecular formula is C20H24N4O2. The number of fused-ring (bicyclic) bond motifs is 1. The summed E-state index contributed by atoms with van der Waals surface area (Å²) in [5, 5.41) is 7.68. The molecular weight excluding hydrogens is 328 g/mol. The number of rotatable bonds is 3. The number of nitrogens with one attached hydrogen (secondary N) is 3. The van der Waals surface area contributed by atoms with Gasteiger partial charge in [0.05, 0.1) is 17.3 Å². The predicted octanol–water partition coefficient (Wildman–Crippen LogP) is 2.93. The van der Waals surface area contributed by atoms with E-state index < -0.39 is 0 Å². The van der Waals surface area contributed by atoms with E-state index in [-0.39, 0.29) is 17.2 Å². The van der Waals surface area contributed by atoms with Gasteiger partial charge in [0.2, 0.25) is 5.91 Å². The molecule has 4 aliphatic carbocycles. The maximum absolute atomic E-state index is 12.5. The zero-order chi connectivity index (χ0) is 17.7. The standard InChI is InChI=1S/C20H24N4O2/c25-17(10-20-7-12-4-13(8-20)6-14(5-12)9-20)22-24-19(26)16-3-1-2-15-11-21-23-18(15)16/h1-3,11-14H,4-10H2,(H,21,23)(H,22,25)(H,24,26). The van der Waals surface area contributed by atoms with E-state index >= 15 is 0 Å². The Morgan fingerprint density at radius 2 is 1.77 bits per heavy atom. The van der Waals surface area contributed by atoms with Crippen LogP contribution in [0.1, 0.15) is 55.3 Å². The van der Waals surface area contributed by atoms with E-state index in [4.69, 9.17) is 0 Å². The SMILES string of the molecule is O=C(CC12CC3CC(CC(C3)C1)C2)NNC(=O)c1cccc2cn[nH]c12. The molecule has 0 radical (unpaired) electrons. The monoisotopic (exact) mass is 352 g/mol. The summed E-state index contributed by atoms with van der Waals surface area (Å²) in [5.41, 5.74) is 6.55. The highest BCUT2D eigenvalue weighted by atomic mass is 16.2. The summed E-state index contributed by atoms with van der Waals surface area (Å²) in [6.45, 7) is 0. The largest absolute Gasteiger partial charge is 0.277 e. The molecule has 4 fully saturated rings. The van der Waals surface area contributed by atoms with Crippen LogP contribution in [0.25, 0.3) is 10.9 Å². The summed E-state index contributed by atoms with van der Waals surface area (Å²) in [4.78, 5) is 25.0. The van der Waals surface area contributed by atoms with Crippen LogP contribution in [0.3, 0.4) is 0 Å². The van der Waals surface area contributed by atoms with Crippen molar-refractivity contribution in [3.8, 4) is 0 Å². The van der Waals surface area contributed by atoms with Crippen LogP contribution >= 0.6 is 0 Å². The van der Waals surface area contributed by atoms with Crippen molar-refractivity contribution >= 4 is 22.7 Å². The number of carbonyl (C=O) groups is 2. The van der Waals surface area contributed by atoms with Crippen molar-refractivity contribution in [1.29, 1.82) is 0 Å². The molecule has 3 N–H and O–H groups in total. The fraction of sp³-hybridized carbons (Fsp3) is 0.550. The van der Waals surface area contributed by atoms with Crippen molar-refractivity contribution in [3.63, 3.8) is 0 Å². The van der Waals surface area contributed by atoms with Gasteiger partial charge in [-0.15, -0.1) is 0 Å². The maximum atomic E-state index is 12.5. The zero-order valence-electron chi connectivity index (χ0n) is 14.8. The second-order valence-corrected chi connectivity index (χ2v) is 8.74. The normalized spacial score (nSPS) is 31.9. The van der Waals surface area contributed by atoms with Gasteiger partial charge in [0, 0.05) is 11.8 Å². The van der Waals surface area contributed by atoms with Crippen LogP contribution in [0.15, 0.2) is 24.4 Å². The highest BCUT2D eigenvalue weighted by Gasteiger charge is 2.51. The summed E-state index contributed by atoms with van der Waals surface area (Å²) in [6.07, 6.45) is 9.88. The molecule has 136 valence electrons. The molecule has 4 aliphatic rings. The summed E-state index contributed by atoms with van der Waals surface area (Å²) < 4.78 is 0. The van der Waals surface area contributed by atoms with Gasteiger partial charge in [0.25, 0.3) is 5.91 Å². The smallest absolute Gasteiger partial charge is 0.271 e. The molecule has 0 aliphatic heterocycles. The number of hydrogen-bond acceptors (Lipinski definition) is 3. The number of hydrazine groups is 1. The van der Waals surface area contributed by atoms with Crippen LogP contribution in [-0.4, -0.2) is 22.0 Å². The van der Waals surface area contributed by atoms with Gasteiger partial charge in [0.1, 0.15) is 0 Å². The van der Waals surface area contributed by atoms with Crippen LogP contribution in [0.2, 0.25) is 0 Å². The first-order valence-corrected chi connectivity index (χ1v) is 9.61. The quantitative estimate of drug-likeness (QED) is 0.742. The number of amides is 2. The van der Waals surface area contributed by atoms with Gasteiger partial charge in [0.15, 0.2) is 0 Å². The number of hydrogen-bond donors (Lipinski definition) is 3. The third-order valence-electron chi connectivity index (χ3n) is 6.74. The number of aromatic amines is 1. The average molecular weight is 352 g/mol. The zero-order valence-corrected chi connectivity index (χ0v) is 14.8. The second kappa shape index (κ2) is 5.83. The summed E-state index contributed by atoms with van der Waals surface area (Å²) in [5.74, 6) is 2.07. The minimum absolute atomic E-state index is 0.0721. The third-order valence-corrected chi connectivity index (χ3v) is 6.74. The molecule has 1 aromatic heterocycles. The van der Waals surface area contributed by atoms with E-state index in [2.05, 4.69) is 21.0 Å². The minimum atomic E-state index is -0.321. The highest BCUT2D eigenvalue weighted by molar-refractivity contribution is 6.05. The Kier molecular flexibility index (Phi) is 3.55. The molecule has 2 aromatic rings. The average Bonchev–Trinajstić information content (AvgIpc) is 3.06. The molecule has 0 spiro atoms. The van der Waals surface area contributed by atoms with Crippen molar-refractivity contribution in [2.45, 2.75) is 44.9 Å². The fourth-order valence-electron chi connectivity index (χ4n) is 6.24. The van der Waals surface area contributed by atoms with Gasteiger partial charge in [-0.3, -0.25) is 25.5 Å². The summed E-state index contributed by atoms with van der Waals surface area (Å²) in [7, 11) is 0. The molecule has 4 bridgehead atoms. The van der Waals surface area contributed by atoms with Crippen LogP contribution in [0.4, 0.5) is 0 Å². The minimum Gasteiger partial charge on any atom is -0.277 e. The lowest BCUT2D eigenvalue weighted by atomic mass is 9.49. The van der Waals surface area contributed by atoms with Crippen molar-refractivity contribution < 1.29 is 9.59 Å². The van der Waals surface area contributed by atoms with Gasteiger partial charge in [-0.05, 0) is 67.8 Å². The molecule has 0 saturated heterocycles. The number of para-hydroxylation sites is 1. The molecule has 6 nitrogen and oxygen atoms in total. The lowest BCUT2D eigenvalue weighted by Crippen LogP contribution is -2.50. The highest BCUT2D eigenvalue weighted by Crippen LogP contribution is 2.61. The Hall–Kier alpha value is -2.37. The van der Waals surface area contributed by atoms with E-state index in [1.807, 2.05) is 12.1 Å². The second-order valence-electron chi connectivity index (χ2n) is 8.74. The van der Waals surface area contributed by atoms with E-state index in [1.54, 1.807) is 12.3 Å². The first-order chi connectivity index (χ1) is 12.6. The topological polar surface area (TPSA) is 86.9 Å². The van der Waals surface area contributed by atoms with Gasteiger partial charge in [-0.2, -0.15) is 5.10 Å². The van der Waals surface area contributed by atoms with Crippen molar-refractivity contribution in [1.82, 2.24) is 21.0 Å². The van der Waals surface area contributed by atoms with Gasteiger partial charge in [-0.25, -0.2) is 0 Å². The van der Waals surface area contributed by atoms with Crippen LogP contribution < -0.4 is 10.9 Å². The van der Waals surface area contributed by atoms with Crippen LogP contribution in [-0.2, 0) is 4.79 Å². The Morgan fingerprint density at radius 1 is 1.08 bits per heavy atom. The Labute approximate surface area is 152 Å². The van der Waals surface area contributed by atoms with Crippen molar-refractivity contribution in [2.24, 2.45) is 23.2 Å². The van der Waals surface area contributed by atoms with E-state index in [1.165, 1.54) is 38.5 Å². The molecule has 0 unspecified atom stereocenters. The van der Waals surface area contributed by atoms with Gasteiger partial charge in [-0.1, -0.05) is 12.1 Å². The molecule has 0 atom stereocenters. The number of carbonyl (C=O) groups excluding carboxylic acids is 2. The maximum Gasteiger partial charge on any atom is 0.271 e. The molecule has 4 saturated carbocycles. The lowest BCUT2D eigenvalue weighted by Gasteiger charge is -2.56. The van der Waals surface area contributed by atoms with Crippen molar-refractivity contribution in [2.75, 3.05) is 0 Å². The fourth-order valence-corrected chi connectivity index (χ4v) is 6.24. The van der Waals surface area contributed by atoms with E-state index in [9.17, 15) is 9.59 Å². The molecule has 1 heterocycles. The van der Waals surface area contributed by atoms with Gasteiger partial charge < -0.3 is 0 Å². The molecule has 2 amide bonds. The van der Waals surface area contributed by atoms with Crippen LogP contribution in [0.5, 0.6) is 0 Å². The Morgan fingerprint density at radius 3 is 2.46 bits per heavy atom. The van der Waals surface area contributed by atoms with E-state index in [0.717, 1.165) is 23.1 Å². The Bertz CT molecular complexity index is 836. The first-order valence-electron chi connectivity index (χ1n) is 9.61. The number of H-pyrrole nitrogens is 1. The molecule has 1 aromatic carbocycles. The third kappa shape index (κ3) is 2.68. The predicted molar refractivity (Wildman–Crippen MR) is 96.9 cm³/mol. The molecule has 6 rings (SSSR count).